The Balaban J connectivity index is 1.75. The average molecular weight is 530 g/mol. The van der Waals surface area contributed by atoms with Gasteiger partial charge in [-0.3, -0.25) is 8.65 Å². The molecule has 0 radical (unpaired) electrons. The topological polar surface area (TPSA) is 81.3 Å². The minimum atomic E-state index is -0.361. The SMILES string of the molecule is COc1nn(C)cc1NC1N=C(c2cn(SI)c3c(Cl)nccc23)C(C)=CN1. The normalized spacial score (nSPS) is 16.5. The van der Waals surface area contributed by atoms with Crippen LogP contribution in [0.3, 0.4) is 0 Å². The van der Waals surface area contributed by atoms with Crippen molar-refractivity contribution in [2.75, 3.05) is 12.4 Å². The van der Waals surface area contributed by atoms with E-state index in [1.807, 2.05) is 42.6 Å². The lowest BCUT2D eigenvalue weighted by Gasteiger charge is -2.22. The van der Waals surface area contributed by atoms with Gasteiger partial charge in [-0.05, 0) is 18.6 Å². The summed E-state index contributed by atoms with van der Waals surface area (Å²) in [6.45, 7) is 2.02. The number of fused-ring (bicyclic) bond motifs is 1. The Kier molecular flexibility index (Phi) is 5.43. The van der Waals surface area contributed by atoms with Gasteiger partial charge in [0.1, 0.15) is 5.69 Å². The van der Waals surface area contributed by atoms with Crippen molar-refractivity contribution >= 4 is 64.2 Å². The van der Waals surface area contributed by atoms with Crippen molar-refractivity contribution in [2.24, 2.45) is 12.0 Å². The van der Waals surface area contributed by atoms with Crippen LogP contribution in [0.2, 0.25) is 5.15 Å². The molecule has 8 nitrogen and oxygen atoms in total. The van der Waals surface area contributed by atoms with Gasteiger partial charge in [-0.1, -0.05) is 11.6 Å². The minimum absolute atomic E-state index is 0.361. The van der Waals surface area contributed by atoms with E-state index in [1.54, 1.807) is 18.0 Å². The van der Waals surface area contributed by atoms with Crippen molar-refractivity contribution in [3.8, 4) is 5.88 Å². The fourth-order valence-corrected chi connectivity index (χ4v) is 4.74. The van der Waals surface area contributed by atoms with Crippen LogP contribution in [0.1, 0.15) is 12.5 Å². The van der Waals surface area contributed by atoms with Crippen molar-refractivity contribution in [3.63, 3.8) is 0 Å². The zero-order chi connectivity index (χ0) is 19.8. The molecule has 2 N–H and O–H groups in total. The summed E-state index contributed by atoms with van der Waals surface area (Å²) in [5, 5.41) is 12.3. The summed E-state index contributed by atoms with van der Waals surface area (Å²) in [5.41, 5.74) is 4.56. The van der Waals surface area contributed by atoms with Gasteiger partial charge in [-0.2, -0.15) is 0 Å². The molecule has 0 saturated carbocycles. The number of aromatic nitrogens is 4. The highest BCUT2D eigenvalue weighted by Crippen LogP contribution is 2.34. The zero-order valence-corrected chi connectivity index (χ0v) is 19.0. The lowest BCUT2D eigenvalue weighted by molar-refractivity contribution is 0.392. The minimum Gasteiger partial charge on any atom is -0.478 e. The zero-order valence-electron chi connectivity index (χ0n) is 15.3. The monoisotopic (exact) mass is 529 g/mol. The molecule has 0 fully saturated rings. The first kappa shape index (κ1) is 19.4. The highest BCUT2D eigenvalue weighted by atomic mass is 127. The van der Waals surface area contributed by atoms with E-state index < -0.39 is 0 Å². The van der Waals surface area contributed by atoms with Gasteiger partial charge in [0, 0.05) is 66.9 Å². The van der Waals surface area contributed by atoms with Crippen molar-refractivity contribution in [2.45, 2.75) is 13.2 Å². The number of ether oxygens (including phenoxy) is 1. The first-order valence-corrected chi connectivity index (χ1v) is 12.0. The summed E-state index contributed by atoms with van der Waals surface area (Å²) in [6.07, 6.45) is 7.20. The predicted octanol–water partition coefficient (Wildman–Crippen LogP) is 3.97. The Morgan fingerprint density at radius 1 is 1.39 bits per heavy atom. The molecule has 0 amide bonds. The van der Waals surface area contributed by atoms with E-state index in [4.69, 9.17) is 21.3 Å². The molecule has 1 aliphatic heterocycles. The molecule has 3 aromatic heterocycles. The number of aliphatic imine (C=N–C) groups is 1. The van der Waals surface area contributed by atoms with Gasteiger partial charge in [0.2, 0.25) is 0 Å². The smallest absolute Gasteiger partial charge is 0.256 e. The highest BCUT2D eigenvalue weighted by molar-refractivity contribution is 14.2. The van der Waals surface area contributed by atoms with E-state index in [-0.39, 0.29) is 6.29 Å². The number of rotatable bonds is 5. The molecule has 0 aliphatic carbocycles. The number of allylic oxidation sites excluding steroid dienone is 1. The second-order valence-electron chi connectivity index (χ2n) is 6.18. The van der Waals surface area contributed by atoms with E-state index in [0.717, 1.165) is 33.4 Å². The summed E-state index contributed by atoms with van der Waals surface area (Å²) in [4.78, 5) is 9.10. The highest BCUT2D eigenvalue weighted by Gasteiger charge is 2.22. The molecule has 3 aromatic rings. The Morgan fingerprint density at radius 2 is 2.21 bits per heavy atom. The Labute approximate surface area is 183 Å². The first-order valence-electron chi connectivity index (χ1n) is 8.32. The standard InChI is InChI=1S/C17H17ClIN7OS/c1-9-6-21-17(22-12-8-25(2)24-16(12)27-3)23-13(9)11-7-26(28-19)14-10(11)4-5-20-15(14)18/h4-8,17,21-22H,1-3H3. The van der Waals surface area contributed by atoms with Crippen LogP contribution in [0.25, 0.3) is 10.9 Å². The van der Waals surface area contributed by atoms with Crippen molar-refractivity contribution in [1.29, 1.82) is 0 Å². The fourth-order valence-electron chi connectivity index (χ4n) is 3.11. The van der Waals surface area contributed by atoms with Crippen LogP contribution in [0.15, 0.2) is 41.4 Å². The van der Waals surface area contributed by atoms with Gasteiger partial charge < -0.3 is 15.4 Å². The third kappa shape index (κ3) is 3.44. The van der Waals surface area contributed by atoms with Crippen LogP contribution in [0, 0.1) is 0 Å². The molecule has 0 bridgehead atoms. The van der Waals surface area contributed by atoms with E-state index >= 15 is 0 Å². The van der Waals surface area contributed by atoms with Crippen LogP contribution in [0.4, 0.5) is 5.69 Å². The molecule has 0 aromatic carbocycles. The number of methoxy groups -OCH3 is 1. The van der Waals surface area contributed by atoms with E-state index in [2.05, 4.69) is 41.9 Å². The molecule has 0 spiro atoms. The molecule has 1 aliphatic rings. The average Bonchev–Trinajstić information content (AvgIpc) is 3.24. The molecule has 4 heterocycles. The number of pyridine rings is 1. The van der Waals surface area contributed by atoms with Crippen LogP contribution in [0.5, 0.6) is 5.88 Å². The number of halogens is 2. The predicted molar refractivity (Wildman–Crippen MR) is 122 cm³/mol. The maximum absolute atomic E-state index is 6.35. The number of aryl methyl sites for hydroxylation is 1. The molecule has 28 heavy (non-hydrogen) atoms. The van der Waals surface area contributed by atoms with Gasteiger partial charge in [-0.25, -0.2) is 9.98 Å². The lowest BCUT2D eigenvalue weighted by Crippen LogP contribution is -2.35. The Hall–Kier alpha value is -1.92. The number of anilines is 1. The number of hydrogen-bond acceptors (Lipinski definition) is 7. The largest absolute Gasteiger partial charge is 0.478 e. The second-order valence-corrected chi connectivity index (χ2v) is 8.25. The van der Waals surface area contributed by atoms with Crippen molar-refractivity contribution < 1.29 is 4.74 Å². The first-order chi connectivity index (χ1) is 13.5. The van der Waals surface area contributed by atoms with Crippen LogP contribution in [-0.4, -0.2) is 37.8 Å². The molecule has 11 heteroatoms. The van der Waals surface area contributed by atoms with E-state index in [1.165, 1.54) is 9.12 Å². The van der Waals surface area contributed by atoms with Crippen LogP contribution >= 0.6 is 41.9 Å². The molecular weight excluding hydrogens is 513 g/mol. The summed E-state index contributed by atoms with van der Waals surface area (Å²) in [6, 6.07) is 1.96. The third-order valence-electron chi connectivity index (χ3n) is 4.34. The number of nitrogens with one attached hydrogen (secondary N) is 2. The van der Waals surface area contributed by atoms with Crippen LogP contribution < -0.4 is 15.4 Å². The summed E-state index contributed by atoms with van der Waals surface area (Å²) < 4.78 is 9.01. The molecular formula is C17H17ClIN7OS. The van der Waals surface area contributed by atoms with Crippen molar-refractivity contribution in [3.05, 3.63) is 47.1 Å². The lowest BCUT2D eigenvalue weighted by atomic mass is 10.0. The second kappa shape index (κ2) is 7.84. The molecule has 146 valence electrons. The third-order valence-corrected chi connectivity index (χ3v) is 6.32. The molecule has 1 unspecified atom stereocenters. The maximum Gasteiger partial charge on any atom is 0.256 e. The van der Waals surface area contributed by atoms with Crippen LogP contribution in [-0.2, 0) is 7.05 Å². The fraction of sp³-hybridized carbons (Fsp3) is 0.235. The van der Waals surface area contributed by atoms with Gasteiger partial charge in [-0.15, -0.1) is 5.10 Å². The van der Waals surface area contributed by atoms with Gasteiger partial charge in [0.15, 0.2) is 11.4 Å². The van der Waals surface area contributed by atoms with Gasteiger partial charge in [0.25, 0.3) is 5.88 Å². The van der Waals surface area contributed by atoms with Crippen molar-refractivity contribution in [1.82, 2.24) is 24.1 Å². The van der Waals surface area contributed by atoms with E-state index in [9.17, 15) is 0 Å². The summed E-state index contributed by atoms with van der Waals surface area (Å²) in [5.74, 6) is 0.517. The quantitative estimate of drug-likeness (QED) is 0.385. The molecule has 0 saturated heterocycles. The number of hydrogen-bond donors (Lipinski definition) is 2. The molecule has 4 rings (SSSR count). The van der Waals surface area contributed by atoms with E-state index in [0.29, 0.717) is 11.0 Å². The summed E-state index contributed by atoms with van der Waals surface area (Å²) >= 11 is 8.58. The van der Waals surface area contributed by atoms with Gasteiger partial charge >= 0.3 is 0 Å². The van der Waals surface area contributed by atoms with Gasteiger partial charge in [0.05, 0.1) is 24.5 Å². The maximum atomic E-state index is 6.35. The molecule has 1 atom stereocenters. The number of nitrogens with zero attached hydrogens (tertiary/aromatic N) is 5. The summed E-state index contributed by atoms with van der Waals surface area (Å²) in [7, 11) is 4.97. The Bertz CT molecular complexity index is 1110. The Morgan fingerprint density at radius 3 is 2.96 bits per heavy atom.